The van der Waals surface area contributed by atoms with Crippen LogP contribution < -0.4 is 24.0 Å². The van der Waals surface area contributed by atoms with Crippen LogP contribution in [0.3, 0.4) is 0 Å². The zero-order valence-corrected chi connectivity index (χ0v) is 20.2. The van der Waals surface area contributed by atoms with Gasteiger partial charge >= 0.3 is 0 Å². The van der Waals surface area contributed by atoms with Crippen LogP contribution in [0.25, 0.3) is 5.76 Å². The van der Waals surface area contributed by atoms with Gasteiger partial charge in [-0.25, -0.2) is 0 Å². The lowest BCUT2D eigenvalue weighted by Gasteiger charge is -2.27. The molecule has 36 heavy (non-hydrogen) atoms. The van der Waals surface area contributed by atoms with E-state index in [1.54, 1.807) is 42.5 Å². The molecule has 0 saturated carbocycles. The van der Waals surface area contributed by atoms with Crippen molar-refractivity contribution in [1.29, 1.82) is 0 Å². The van der Waals surface area contributed by atoms with Crippen LogP contribution in [0.4, 0.5) is 11.4 Å². The fourth-order valence-electron chi connectivity index (χ4n) is 4.48. The highest BCUT2D eigenvalue weighted by atomic mass is 16.6. The lowest BCUT2D eigenvalue weighted by molar-refractivity contribution is -0.132. The Labute approximate surface area is 208 Å². The van der Waals surface area contributed by atoms with Crippen LogP contribution in [0, 0.1) is 0 Å². The summed E-state index contributed by atoms with van der Waals surface area (Å²) in [6.07, 6.45) is 0. The number of hydrogen-bond acceptors (Lipinski definition) is 7. The average molecular weight is 487 g/mol. The first-order valence-corrected chi connectivity index (χ1v) is 11.5. The van der Waals surface area contributed by atoms with Crippen molar-refractivity contribution in [2.45, 2.75) is 6.04 Å². The zero-order chi connectivity index (χ0) is 25.4. The Kier molecular flexibility index (Phi) is 6.01. The molecule has 3 aromatic rings. The maximum Gasteiger partial charge on any atom is 0.300 e. The maximum atomic E-state index is 13.4. The van der Waals surface area contributed by atoms with Crippen molar-refractivity contribution < 1.29 is 28.9 Å². The minimum atomic E-state index is -0.852. The normalized spacial score (nSPS) is 18.3. The molecule has 8 heteroatoms. The predicted molar refractivity (Wildman–Crippen MR) is 136 cm³/mol. The number of ether oxygens (including phenoxy) is 3. The molecule has 2 aliphatic rings. The number of anilines is 2. The minimum absolute atomic E-state index is 0.000690. The molecule has 2 heterocycles. The van der Waals surface area contributed by atoms with Crippen molar-refractivity contribution in [2.75, 3.05) is 44.2 Å². The Hall–Kier alpha value is -4.46. The van der Waals surface area contributed by atoms with Crippen LogP contribution in [0.15, 0.2) is 72.3 Å². The van der Waals surface area contributed by atoms with E-state index in [1.165, 1.54) is 12.0 Å². The summed E-state index contributed by atoms with van der Waals surface area (Å²) in [6.45, 7) is 0.830. The molecule has 0 aliphatic carbocycles. The van der Waals surface area contributed by atoms with Crippen molar-refractivity contribution in [3.8, 4) is 17.2 Å². The Morgan fingerprint density at radius 1 is 0.972 bits per heavy atom. The Balaban J connectivity index is 1.68. The Morgan fingerprint density at radius 3 is 2.39 bits per heavy atom. The number of aliphatic hydroxyl groups excluding tert-OH is 1. The van der Waals surface area contributed by atoms with E-state index in [0.717, 1.165) is 5.69 Å². The summed E-state index contributed by atoms with van der Waals surface area (Å²) < 4.78 is 16.6. The predicted octanol–water partition coefficient (Wildman–Crippen LogP) is 4.16. The van der Waals surface area contributed by atoms with Gasteiger partial charge in [-0.05, 0) is 42.0 Å². The number of Topliss-reactive ketones (excluding diaryl/α,β-unsaturated/α-hetero) is 1. The monoisotopic (exact) mass is 486 g/mol. The van der Waals surface area contributed by atoms with Crippen molar-refractivity contribution >= 4 is 28.8 Å². The number of fused-ring (bicyclic) bond motifs is 1. The third-order valence-electron chi connectivity index (χ3n) is 6.32. The average Bonchev–Trinajstić information content (AvgIpc) is 3.18. The number of hydrogen-bond donors (Lipinski definition) is 1. The van der Waals surface area contributed by atoms with Gasteiger partial charge in [-0.2, -0.15) is 0 Å². The van der Waals surface area contributed by atoms with Gasteiger partial charge in [0.25, 0.3) is 11.7 Å². The van der Waals surface area contributed by atoms with E-state index >= 15 is 0 Å². The van der Waals surface area contributed by atoms with Crippen molar-refractivity contribution in [3.05, 3.63) is 83.4 Å². The highest BCUT2D eigenvalue weighted by Gasteiger charge is 2.47. The molecule has 1 unspecified atom stereocenters. The van der Waals surface area contributed by atoms with Gasteiger partial charge in [-0.1, -0.05) is 24.3 Å². The molecule has 184 valence electrons. The number of amides is 1. The Bertz CT molecular complexity index is 1360. The summed E-state index contributed by atoms with van der Waals surface area (Å²) in [5.41, 5.74) is 2.49. The SMILES string of the molecule is COc1cccc(/C(O)=C2\C(=O)C(=O)N(c3ccc4c(c3)OCCO4)C2c2ccc(N(C)C)cc2)c1. The first kappa shape index (κ1) is 23.3. The molecule has 0 bridgehead atoms. The van der Waals surface area contributed by atoms with Crippen LogP contribution in [0.1, 0.15) is 17.2 Å². The molecule has 1 amide bonds. The quantitative estimate of drug-likeness (QED) is 0.329. The first-order chi connectivity index (χ1) is 17.4. The number of methoxy groups -OCH3 is 1. The molecule has 0 aromatic heterocycles. The molecule has 2 aliphatic heterocycles. The zero-order valence-electron chi connectivity index (χ0n) is 20.2. The van der Waals surface area contributed by atoms with E-state index in [4.69, 9.17) is 14.2 Å². The third kappa shape index (κ3) is 4.00. The summed E-state index contributed by atoms with van der Waals surface area (Å²) >= 11 is 0. The summed E-state index contributed by atoms with van der Waals surface area (Å²) in [6, 6.07) is 18.5. The van der Waals surface area contributed by atoms with Gasteiger partial charge < -0.3 is 24.2 Å². The van der Waals surface area contributed by atoms with Gasteiger partial charge in [-0.15, -0.1) is 0 Å². The van der Waals surface area contributed by atoms with Gasteiger partial charge in [-0.3, -0.25) is 14.5 Å². The largest absolute Gasteiger partial charge is 0.507 e. The van der Waals surface area contributed by atoms with Crippen molar-refractivity contribution in [2.24, 2.45) is 0 Å². The summed E-state index contributed by atoms with van der Waals surface area (Å²) in [4.78, 5) is 30.2. The molecule has 0 spiro atoms. The number of carbonyl (C=O) groups is 2. The van der Waals surface area contributed by atoms with Gasteiger partial charge in [0.15, 0.2) is 11.5 Å². The molecule has 8 nitrogen and oxygen atoms in total. The second-order valence-electron chi connectivity index (χ2n) is 8.71. The number of ketones is 1. The summed E-state index contributed by atoms with van der Waals surface area (Å²) in [5.74, 6) is -0.189. The van der Waals surface area contributed by atoms with Crippen LogP contribution in [-0.2, 0) is 9.59 Å². The fraction of sp³-hybridized carbons (Fsp3) is 0.214. The highest BCUT2D eigenvalue weighted by molar-refractivity contribution is 6.51. The number of benzene rings is 3. The van der Waals surface area contributed by atoms with E-state index in [-0.39, 0.29) is 11.3 Å². The van der Waals surface area contributed by atoms with Crippen molar-refractivity contribution in [1.82, 2.24) is 0 Å². The molecule has 1 fully saturated rings. The lowest BCUT2D eigenvalue weighted by Crippen LogP contribution is -2.29. The number of rotatable bonds is 5. The van der Waals surface area contributed by atoms with Gasteiger partial charge in [0.2, 0.25) is 0 Å². The van der Waals surface area contributed by atoms with Crippen LogP contribution in [0.5, 0.6) is 17.2 Å². The third-order valence-corrected chi connectivity index (χ3v) is 6.32. The van der Waals surface area contributed by atoms with Crippen LogP contribution in [-0.4, -0.2) is 51.2 Å². The Morgan fingerprint density at radius 2 is 1.69 bits per heavy atom. The fourth-order valence-corrected chi connectivity index (χ4v) is 4.48. The van der Waals surface area contributed by atoms with E-state index < -0.39 is 17.7 Å². The van der Waals surface area contributed by atoms with Crippen LogP contribution in [0.2, 0.25) is 0 Å². The molecular weight excluding hydrogens is 460 g/mol. The summed E-state index contributed by atoms with van der Waals surface area (Å²) in [7, 11) is 5.38. The van der Waals surface area contributed by atoms with Gasteiger partial charge in [0.1, 0.15) is 24.7 Å². The lowest BCUT2D eigenvalue weighted by atomic mass is 9.94. The van der Waals surface area contributed by atoms with E-state index in [0.29, 0.717) is 47.3 Å². The van der Waals surface area contributed by atoms with Gasteiger partial charge in [0, 0.05) is 37.1 Å². The van der Waals surface area contributed by atoms with E-state index in [9.17, 15) is 14.7 Å². The van der Waals surface area contributed by atoms with Crippen molar-refractivity contribution in [3.63, 3.8) is 0 Å². The number of nitrogens with zero attached hydrogens (tertiary/aromatic N) is 2. The van der Waals surface area contributed by atoms with Crippen LogP contribution >= 0.6 is 0 Å². The second-order valence-corrected chi connectivity index (χ2v) is 8.71. The van der Waals surface area contributed by atoms with Gasteiger partial charge in [0.05, 0.1) is 18.7 Å². The summed E-state index contributed by atoms with van der Waals surface area (Å²) in [5, 5.41) is 11.3. The smallest absolute Gasteiger partial charge is 0.300 e. The van der Waals surface area contributed by atoms with E-state index in [1.807, 2.05) is 43.3 Å². The molecule has 0 radical (unpaired) electrons. The molecule has 1 atom stereocenters. The second kappa shape index (κ2) is 9.30. The topological polar surface area (TPSA) is 88.5 Å². The highest BCUT2D eigenvalue weighted by Crippen LogP contribution is 2.45. The maximum absolute atomic E-state index is 13.4. The molecule has 3 aromatic carbocycles. The molecular formula is C28H26N2O6. The molecule has 1 saturated heterocycles. The number of aliphatic hydroxyl groups is 1. The number of carbonyl (C=O) groups excluding carboxylic acids is 2. The minimum Gasteiger partial charge on any atom is -0.507 e. The first-order valence-electron chi connectivity index (χ1n) is 11.5. The molecule has 5 rings (SSSR count). The molecule has 1 N–H and O–H groups in total. The van der Waals surface area contributed by atoms with E-state index in [2.05, 4.69) is 0 Å². The standard InChI is InChI=1S/C28H26N2O6/c1-29(2)19-9-7-17(8-10-19)25-24(26(31)18-5-4-6-21(15-18)34-3)27(32)28(33)30(25)20-11-12-22-23(16-20)36-14-13-35-22/h4-12,15-16,25,31H,13-14H2,1-3H3/b26-24+.